The van der Waals surface area contributed by atoms with Crippen LogP contribution < -0.4 is 0 Å². The lowest BCUT2D eigenvalue weighted by atomic mass is 9.99. The Morgan fingerprint density at radius 2 is 1.71 bits per heavy atom. The van der Waals surface area contributed by atoms with E-state index >= 15 is 0 Å². The average Bonchev–Trinajstić information content (AvgIpc) is 2.20. The Morgan fingerprint density at radius 3 is 2.00 bits per heavy atom. The summed E-state index contributed by atoms with van der Waals surface area (Å²) in [7, 11) is -6.77. The van der Waals surface area contributed by atoms with Crippen molar-refractivity contribution in [2.75, 3.05) is 0 Å². The van der Waals surface area contributed by atoms with Gasteiger partial charge in [-0.25, -0.2) is 0 Å². The lowest BCUT2D eigenvalue weighted by molar-refractivity contribution is 0.176. The molecule has 21 heavy (non-hydrogen) atoms. The zero-order valence-corrected chi connectivity index (χ0v) is 18.7. The van der Waals surface area contributed by atoms with Gasteiger partial charge in [0, 0.05) is 10.8 Å². The highest BCUT2D eigenvalue weighted by Crippen LogP contribution is 2.64. The van der Waals surface area contributed by atoms with E-state index < -0.39 is 28.9 Å². The van der Waals surface area contributed by atoms with Crippen molar-refractivity contribution in [1.82, 2.24) is 4.00 Å². The first-order valence-corrected chi connectivity index (χ1v) is 16.6. The molecule has 1 aliphatic heterocycles. The van der Waals surface area contributed by atoms with Gasteiger partial charge in [-0.05, 0) is 13.3 Å². The molecular weight excluding hydrogens is 360 g/mol. The lowest BCUT2D eigenvalue weighted by Crippen LogP contribution is -2.57. The van der Waals surface area contributed by atoms with Gasteiger partial charge in [-0.1, -0.05) is 57.8 Å². The number of nitrogens with zero attached hydrogens (tertiary/aromatic N) is 1. The van der Waals surface area contributed by atoms with E-state index in [2.05, 4.69) is 43.3 Å². The zero-order valence-electron chi connectivity index (χ0n) is 14.3. The fourth-order valence-electron chi connectivity index (χ4n) is 3.19. The van der Waals surface area contributed by atoms with E-state index in [1.807, 2.05) is 13.8 Å². The monoisotopic (exact) mass is 387 g/mol. The molecule has 1 aliphatic rings. The molecule has 1 heterocycles. The van der Waals surface area contributed by atoms with Crippen molar-refractivity contribution >= 4 is 47.2 Å². The van der Waals surface area contributed by atoms with Crippen LogP contribution in [0, 0.1) is 0 Å². The van der Waals surface area contributed by atoms with E-state index in [1.165, 1.54) is 0 Å². The van der Waals surface area contributed by atoms with E-state index in [1.54, 1.807) is 5.82 Å². The maximum absolute atomic E-state index is 13.6. The third-order valence-electron chi connectivity index (χ3n) is 3.69. The first kappa shape index (κ1) is 19.9. The van der Waals surface area contributed by atoms with Gasteiger partial charge in [0.05, 0.1) is 6.10 Å². The van der Waals surface area contributed by atoms with E-state index in [9.17, 15) is 4.57 Å². The van der Waals surface area contributed by atoms with Gasteiger partial charge in [0.25, 0.3) is 7.52 Å². The summed E-state index contributed by atoms with van der Waals surface area (Å²) < 4.78 is 21.8. The minimum Gasteiger partial charge on any atom is -0.310 e. The van der Waals surface area contributed by atoms with Gasteiger partial charge in [-0.15, -0.1) is 11.6 Å². The Balaban J connectivity index is 3.44. The summed E-state index contributed by atoms with van der Waals surface area (Å²) >= 11 is 13.0. The maximum atomic E-state index is 13.6. The molecule has 1 rings (SSSR count). The van der Waals surface area contributed by atoms with Crippen LogP contribution in [0.3, 0.4) is 0 Å². The molecule has 0 N–H and O–H groups in total. The Morgan fingerprint density at radius 1 is 1.29 bits per heavy atom. The second-order valence-electron chi connectivity index (χ2n) is 7.66. The van der Waals surface area contributed by atoms with Crippen LogP contribution in [0.2, 0.25) is 39.3 Å². The molecule has 0 amide bonds. The summed E-state index contributed by atoms with van der Waals surface area (Å²) in [4.78, 5) is -0.764. The predicted molar refractivity (Wildman–Crippen MR) is 99.5 cm³/mol. The standard InChI is InChI=1S/C13H28Cl2NO2PSi2/c1-9-13(15)11(2)18-19(17,10-12(13)14)16(20(3,4)5)21(6,7)8/h10-11H,9H2,1-8H3. The predicted octanol–water partition coefficient (Wildman–Crippen LogP) is 6.04. The highest BCUT2D eigenvalue weighted by molar-refractivity contribution is 7.64. The molecule has 3 nitrogen and oxygen atoms in total. The highest BCUT2D eigenvalue weighted by atomic mass is 35.5. The fourth-order valence-corrected chi connectivity index (χ4v) is 20.9. The summed E-state index contributed by atoms with van der Waals surface area (Å²) in [6.45, 7) is 17.0. The van der Waals surface area contributed by atoms with Crippen molar-refractivity contribution in [2.24, 2.45) is 0 Å². The number of halogens is 2. The first-order chi connectivity index (χ1) is 9.18. The molecule has 0 radical (unpaired) electrons. The molecule has 0 aromatic heterocycles. The van der Waals surface area contributed by atoms with Crippen LogP contribution in [0.1, 0.15) is 20.3 Å². The largest absolute Gasteiger partial charge is 0.310 e. The van der Waals surface area contributed by atoms with Gasteiger partial charge in [0.15, 0.2) is 0 Å². The average molecular weight is 388 g/mol. The SMILES string of the molecule is CCC1(Cl)C(Cl)=CP(=O)(N([Si](C)(C)C)[Si](C)(C)C)OC1C. The van der Waals surface area contributed by atoms with Crippen molar-refractivity contribution in [2.45, 2.75) is 70.5 Å². The van der Waals surface area contributed by atoms with Gasteiger partial charge >= 0.3 is 0 Å². The van der Waals surface area contributed by atoms with E-state index in [-0.39, 0.29) is 6.10 Å². The van der Waals surface area contributed by atoms with E-state index in [0.717, 1.165) is 0 Å². The maximum Gasteiger partial charge on any atom is 0.284 e. The van der Waals surface area contributed by atoms with Gasteiger partial charge in [-0.2, -0.15) is 0 Å². The van der Waals surface area contributed by atoms with E-state index in [0.29, 0.717) is 11.5 Å². The second kappa shape index (κ2) is 6.08. The van der Waals surface area contributed by atoms with Crippen LogP contribution in [-0.4, -0.2) is 31.5 Å². The topological polar surface area (TPSA) is 29.5 Å². The summed E-state index contributed by atoms with van der Waals surface area (Å²) in [6, 6.07) is 0. The molecule has 3 unspecified atom stereocenters. The van der Waals surface area contributed by atoms with Crippen LogP contribution >= 0.6 is 30.7 Å². The molecule has 0 aliphatic carbocycles. The molecule has 3 atom stereocenters. The molecular formula is C13H28Cl2NO2PSi2. The molecule has 0 fully saturated rings. The first-order valence-electron chi connectivity index (χ1n) is 7.35. The van der Waals surface area contributed by atoms with Gasteiger partial charge in [-0.3, -0.25) is 8.57 Å². The van der Waals surface area contributed by atoms with Crippen LogP contribution in [0.15, 0.2) is 10.8 Å². The molecule has 124 valence electrons. The van der Waals surface area contributed by atoms with Crippen molar-refractivity contribution in [1.29, 1.82) is 0 Å². The molecule has 0 bridgehead atoms. The Labute approximate surface area is 141 Å². The fraction of sp³-hybridized carbons (Fsp3) is 0.846. The molecule has 8 heteroatoms. The number of hydrogen-bond donors (Lipinski definition) is 0. The summed E-state index contributed by atoms with van der Waals surface area (Å²) in [5.74, 6) is 1.61. The van der Waals surface area contributed by atoms with Gasteiger partial charge < -0.3 is 4.52 Å². The Hall–Kier alpha value is 0.904. The van der Waals surface area contributed by atoms with E-state index in [4.69, 9.17) is 27.7 Å². The van der Waals surface area contributed by atoms with Crippen LogP contribution in [-0.2, 0) is 9.09 Å². The zero-order chi connectivity index (χ0) is 16.9. The van der Waals surface area contributed by atoms with Crippen molar-refractivity contribution < 1.29 is 9.09 Å². The third kappa shape index (κ3) is 3.88. The van der Waals surface area contributed by atoms with Gasteiger partial charge in [0.1, 0.15) is 21.3 Å². The quantitative estimate of drug-likeness (QED) is 0.334. The number of hydrogen-bond acceptors (Lipinski definition) is 2. The normalized spacial score (nSPS) is 35.0. The second-order valence-corrected chi connectivity index (χ2v) is 21.5. The van der Waals surface area contributed by atoms with Crippen molar-refractivity contribution in [3.05, 3.63) is 10.8 Å². The Bertz CT molecular complexity index is 474. The van der Waals surface area contributed by atoms with Crippen LogP contribution in [0.5, 0.6) is 0 Å². The van der Waals surface area contributed by atoms with Crippen molar-refractivity contribution in [3.63, 3.8) is 0 Å². The van der Waals surface area contributed by atoms with Crippen molar-refractivity contribution in [3.8, 4) is 0 Å². The minimum absolute atomic E-state index is 0.373. The summed E-state index contributed by atoms with van der Waals surface area (Å²) in [5.41, 5.74) is 0. The molecule has 0 saturated heterocycles. The summed E-state index contributed by atoms with van der Waals surface area (Å²) in [5, 5.41) is 0.468. The smallest absolute Gasteiger partial charge is 0.284 e. The molecule has 0 saturated carbocycles. The van der Waals surface area contributed by atoms with Crippen LogP contribution in [0.4, 0.5) is 0 Å². The molecule has 0 aromatic rings. The number of alkyl halides is 1. The highest BCUT2D eigenvalue weighted by Gasteiger charge is 2.53. The molecule has 0 aromatic carbocycles. The Kier molecular flexibility index (Phi) is 5.78. The summed E-state index contributed by atoms with van der Waals surface area (Å²) in [6.07, 6.45) is 0.271. The van der Waals surface area contributed by atoms with Gasteiger partial charge in [0.2, 0.25) is 0 Å². The molecule has 0 spiro atoms. The number of rotatable bonds is 4. The minimum atomic E-state index is -3.09. The third-order valence-corrected chi connectivity index (χ3v) is 18.8. The lowest BCUT2D eigenvalue weighted by Gasteiger charge is -2.50. The van der Waals surface area contributed by atoms with Crippen LogP contribution in [0.25, 0.3) is 0 Å².